The molecule has 0 unspecified atom stereocenters. The molecule has 10 heteroatoms. The van der Waals surface area contributed by atoms with Crippen molar-refractivity contribution >= 4 is 44.4 Å². The Kier molecular flexibility index (Phi) is 5.81. The number of fused-ring (bicyclic) bond motifs is 4. The van der Waals surface area contributed by atoms with Crippen LogP contribution >= 0.6 is 11.3 Å². The number of amides is 1. The quantitative estimate of drug-likeness (QED) is 0.291. The standard InChI is InChI=1S/C29H23N5O4S/c1-16-9-19(25-22(10-16)32-24(37-3)14-31-25)27-33-21-7-8-23-20(26(21)39-27)12-29(2,38-23)15-34(28(35)36)18-6-4-5-17(11-18)13-30/h4-11,14H,12,15H2,1-3H3,(H,35,36)/t29-/m1/s1. The largest absolute Gasteiger partial charge is 0.485 e. The third kappa shape index (κ3) is 4.36. The Morgan fingerprint density at radius 2 is 2.08 bits per heavy atom. The molecule has 1 N–H and O–H groups in total. The van der Waals surface area contributed by atoms with Gasteiger partial charge in [-0.1, -0.05) is 6.07 Å². The first-order valence-electron chi connectivity index (χ1n) is 12.2. The summed E-state index contributed by atoms with van der Waals surface area (Å²) in [6, 6.07) is 16.5. The number of nitriles is 1. The molecular formula is C29H23N5O4S. The lowest BCUT2D eigenvalue weighted by molar-refractivity contribution is 0.119. The highest BCUT2D eigenvalue weighted by atomic mass is 32.1. The lowest BCUT2D eigenvalue weighted by atomic mass is 9.98. The molecule has 0 aliphatic carbocycles. The molecule has 39 heavy (non-hydrogen) atoms. The highest BCUT2D eigenvalue weighted by Gasteiger charge is 2.40. The molecule has 0 fully saturated rings. The molecule has 5 aromatic rings. The Morgan fingerprint density at radius 1 is 1.23 bits per heavy atom. The summed E-state index contributed by atoms with van der Waals surface area (Å²) in [5.41, 5.74) is 5.27. The maximum absolute atomic E-state index is 12.2. The van der Waals surface area contributed by atoms with Gasteiger partial charge in [0.15, 0.2) is 0 Å². The van der Waals surface area contributed by atoms with Crippen molar-refractivity contribution in [3.8, 4) is 28.3 Å². The van der Waals surface area contributed by atoms with Crippen LogP contribution in [-0.2, 0) is 6.42 Å². The van der Waals surface area contributed by atoms with Crippen molar-refractivity contribution in [3.63, 3.8) is 0 Å². The van der Waals surface area contributed by atoms with Gasteiger partial charge in [0.25, 0.3) is 0 Å². The second-order valence-electron chi connectivity index (χ2n) is 9.76. The zero-order valence-electron chi connectivity index (χ0n) is 21.4. The van der Waals surface area contributed by atoms with Gasteiger partial charge in [-0.25, -0.2) is 19.7 Å². The van der Waals surface area contributed by atoms with Crippen molar-refractivity contribution in [2.45, 2.75) is 25.9 Å². The van der Waals surface area contributed by atoms with Crippen LogP contribution in [0.25, 0.3) is 31.8 Å². The number of methoxy groups -OCH3 is 1. The highest BCUT2D eigenvalue weighted by molar-refractivity contribution is 7.22. The molecular weight excluding hydrogens is 514 g/mol. The third-order valence-corrected chi connectivity index (χ3v) is 7.91. The summed E-state index contributed by atoms with van der Waals surface area (Å²) >= 11 is 1.56. The van der Waals surface area contributed by atoms with E-state index in [1.54, 1.807) is 48.9 Å². The minimum absolute atomic E-state index is 0.0962. The Labute approximate surface area is 227 Å². The van der Waals surface area contributed by atoms with E-state index in [0.29, 0.717) is 23.6 Å². The lowest BCUT2D eigenvalue weighted by Gasteiger charge is -2.30. The van der Waals surface area contributed by atoms with Crippen LogP contribution in [0.1, 0.15) is 23.6 Å². The summed E-state index contributed by atoms with van der Waals surface area (Å²) in [4.78, 5) is 27.5. The molecule has 1 aliphatic rings. The summed E-state index contributed by atoms with van der Waals surface area (Å²) in [5, 5.41) is 20.1. The van der Waals surface area contributed by atoms with Crippen molar-refractivity contribution < 1.29 is 19.4 Å². The number of ether oxygens (including phenoxy) is 2. The first kappa shape index (κ1) is 24.6. The Morgan fingerprint density at radius 3 is 2.85 bits per heavy atom. The zero-order valence-corrected chi connectivity index (χ0v) is 22.2. The maximum atomic E-state index is 12.2. The number of rotatable bonds is 5. The van der Waals surface area contributed by atoms with Crippen LogP contribution in [0.3, 0.4) is 0 Å². The topological polar surface area (TPSA) is 121 Å². The van der Waals surface area contributed by atoms with E-state index in [2.05, 4.69) is 22.1 Å². The molecule has 1 aliphatic heterocycles. The van der Waals surface area contributed by atoms with Gasteiger partial charge in [0.05, 0.1) is 52.7 Å². The van der Waals surface area contributed by atoms with Gasteiger partial charge in [0, 0.05) is 23.2 Å². The molecule has 6 rings (SSSR count). The molecule has 9 nitrogen and oxygen atoms in total. The molecule has 3 heterocycles. The summed E-state index contributed by atoms with van der Waals surface area (Å²) in [6.45, 7) is 4.01. The first-order chi connectivity index (χ1) is 18.8. The fraction of sp³-hybridized carbons (Fsp3) is 0.207. The second kappa shape index (κ2) is 9.22. The number of carbonyl (C=O) groups is 1. The maximum Gasteiger partial charge on any atom is 0.411 e. The summed E-state index contributed by atoms with van der Waals surface area (Å²) < 4.78 is 12.6. The summed E-state index contributed by atoms with van der Waals surface area (Å²) in [6.07, 6.45) is 1.00. The molecule has 0 saturated heterocycles. The van der Waals surface area contributed by atoms with E-state index in [-0.39, 0.29) is 6.54 Å². The van der Waals surface area contributed by atoms with Crippen LogP contribution in [0.5, 0.6) is 11.6 Å². The van der Waals surface area contributed by atoms with Gasteiger partial charge in [-0.05, 0) is 61.9 Å². The zero-order chi connectivity index (χ0) is 27.3. The lowest BCUT2D eigenvalue weighted by Crippen LogP contribution is -2.46. The average Bonchev–Trinajstić information content (AvgIpc) is 3.51. The van der Waals surface area contributed by atoms with Gasteiger partial charge < -0.3 is 14.6 Å². The Bertz CT molecular complexity index is 1830. The van der Waals surface area contributed by atoms with E-state index in [0.717, 1.165) is 48.7 Å². The predicted octanol–water partition coefficient (Wildman–Crippen LogP) is 5.97. The number of aromatic nitrogens is 3. The number of hydrogen-bond donors (Lipinski definition) is 1. The molecule has 3 aromatic carbocycles. The summed E-state index contributed by atoms with van der Waals surface area (Å²) in [7, 11) is 1.57. The number of anilines is 1. The SMILES string of the molecule is COc1cnc2c(-c3nc4ccc5c(c4s3)C[C@](C)(CN(C(=O)O)c3cccc(C#N)c3)O5)cc(C)cc2n1. The van der Waals surface area contributed by atoms with E-state index in [9.17, 15) is 15.2 Å². The Balaban J connectivity index is 1.37. The molecule has 1 atom stereocenters. The molecule has 0 spiro atoms. The normalized spacial score (nSPS) is 16.1. The van der Waals surface area contributed by atoms with E-state index in [1.807, 2.05) is 32.0 Å². The minimum Gasteiger partial charge on any atom is -0.485 e. The van der Waals surface area contributed by atoms with Crippen LogP contribution < -0.4 is 14.4 Å². The van der Waals surface area contributed by atoms with Crippen LogP contribution in [0, 0.1) is 18.3 Å². The van der Waals surface area contributed by atoms with Gasteiger partial charge in [-0.2, -0.15) is 5.26 Å². The average molecular weight is 538 g/mol. The minimum atomic E-state index is -1.11. The van der Waals surface area contributed by atoms with E-state index < -0.39 is 11.7 Å². The number of benzene rings is 3. The molecule has 1 amide bonds. The predicted molar refractivity (Wildman–Crippen MR) is 149 cm³/mol. The molecule has 194 valence electrons. The second-order valence-corrected chi connectivity index (χ2v) is 10.8. The van der Waals surface area contributed by atoms with Gasteiger partial charge in [-0.3, -0.25) is 4.90 Å². The number of nitrogens with zero attached hydrogens (tertiary/aromatic N) is 5. The van der Waals surface area contributed by atoms with E-state index >= 15 is 0 Å². The fourth-order valence-electron chi connectivity index (χ4n) is 5.03. The molecule has 2 aromatic heterocycles. The van der Waals surface area contributed by atoms with Crippen molar-refractivity contribution in [1.29, 1.82) is 5.26 Å². The third-order valence-electron chi connectivity index (χ3n) is 6.74. The van der Waals surface area contributed by atoms with E-state index in [4.69, 9.17) is 14.5 Å². The van der Waals surface area contributed by atoms with Crippen LogP contribution in [0.2, 0.25) is 0 Å². The number of thiazole rings is 1. The fourth-order valence-corrected chi connectivity index (χ4v) is 6.14. The smallest absolute Gasteiger partial charge is 0.411 e. The van der Waals surface area contributed by atoms with Gasteiger partial charge >= 0.3 is 6.09 Å². The van der Waals surface area contributed by atoms with Crippen LogP contribution in [0.4, 0.5) is 10.5 Å². The van der Waals surface area contributed by atoms with E-state index in [1.165, 1.54) is 4.90 Å². The highest BCUT2D eigenvalue weighted by Crippen LogP contribution is 2.44. The first-order valence-corrected chi connectivity index (χ1v) is 13.0. The monoisotopic (exact) mass is 537 g/mol. The van der Waals surface area contributed by atoms with Crippen molar-refractivity contribution in [2.24, 2.45) is 0 Å². The number of aryl methyl sites for hydroxylation is 1. The van der Waals surface area contributed by atoms with Crippen LogP contribution in [0.15, 0.2) is 54.7 Å². The Hall–Kier alpha value is -4.75. The number of hydrogen-bond acceptors (Lipinski definition) is 8. The van der Waals surface area contributed by atoms with Gasteiger partial charge in [0.2, 0.25) is 5.88 Å². The van der Waals surface area contributed by atoms with Gasteiger partial charge in [-0.15, -0.1) is 11.3 Å². The van der Waals surface area contributed by atoms with Crippen LogP contribution in [-0.4, -0.2) is 45.4 Å². The van der Waals surface area contributed by atoms with Crippen molar-refractivity contribution in [2.75, 3.05) is 18.6 Å². The summed E-state index contributed by atoms with van der Waals surface area (Å²) in [5.74, 6) is 1.17. The molecule has 0 bridgehead atoms. The van der Waals surface area contributed by atoms with Crippen molar-refractivity contribution in [3.05, 3.63) is 71.4 Å². The van der Waals surface area contributed by atoms with Crippen molar-refractivity contribution in [1.82, 2.24) is 15.0 Å². The van der Waals surface area contributed by atoms with Gasteiger partial charge in [0.1, 0.15) is 16.4 Å². The number of carboxylic acid groups (broad SMARTS) is 1. The molecule has 0 radical (unpaired) electrons. The molecule has 0 saturated carbocycles.